The number of hydrogen-bond donors (Lipinski definition) is 1. The number of aromatic nitrogens is 4. The molecule has 1 N–H and O–H groups in total. The van der Waals surface area contributed by atoms with Crippen molar-refractivity contribution in [1.82, 2.24) is 24.6 Å². The van der Waals surface area contributed by atoms with Crippen molar-refractivity contribution in [2.45, 2.75) is 64.8 Å². The number of piperidine rings is 1. The van der Waals surface area contributed by atoms with E-state index in [1.54, 1.807) is 11.0 Å². The molecule has 2 aliphatic heterocycles. The van der Waals surface area contributed by atoms with Gasteiger partial charge in [0.1, 0.15) is 17.2 Å². The Hall–Kier alpha value is -2.44. The molecule has 1 fully saturated rings. The van der Waals surface area contributed by atoms with Crippen LogP contribution in [0.4, 0.5) is 0 Å². The molecule has 0 atom stereocenters. The minimum Gasteiger partial charge on any atom is -0.338 e. The second-order valence-electron chi connectivity index (χ2n) is 7.82. The number of amides is 1. The number of rotatable bonds is 2. The summed E-state index contributed by atoms with van der Waals surface area (Å²) in [5.41, 5.74) is 1.68. The Morgan fingerprint density at radius 3 is 2.67 bits per heavy atom. The summed E-state index contributed by atoms with van der Waals surface area (Å²) in [6.45, 7) is 6.06. The number of hydrogen-bond acceptors (Lipinski definition) is 4. The van der Waals surface area contributed by atoms with Crippen LogP contribution in [0.15, 0.2) is 10.9 Å². The second-order valence-corrected chi connectivity index (χ2v) is 7.82. The summed E-state index contributed by atoms with van der Waals surface area (Å²) in [5.74, 6) is 2.37. The minimum absolute atomic E-state index is 0.169. The molecule has 2 aromatic rings. The smallest absolute Gasteiger partial charge is 0.261 e. The Balaban J connectivity index is 1.47. The maximum absolute atomic E-state index is 12.8. The fourth-order valence-corrected chi connectivity index (χ4v) is 4.21. The zero-order valence-electron chi connectivity index (χ0n) is 16.1. The highest BCUT2D eigenvalue weighted by Gasteiger charge is 2.29. The van der Waals surface area contributed by atoms with Gasteiger partial charge < -0.3 is 14.5 Å². The topological polar surface area (TPSA) is 83.9 Å². The fraction of sp³-hybridized carbons (Fsp3) is 0.600. The van der Waals surface area contributed by atoms with Gasteiger partial charge in [-0.15, -0.1) is 10.2 Å². The van der Waals surface area contributed by atoms with Crippen molar-refractivity contribution >= 4 is 5.91 Å². The maximum atomic E-state index is 12.8. The molecular formula is C20H27N5O2. The summed E-state index contributed by atoms with van der Waals surface area (Å²) in [6, 6.07) is 1.71. The van der Waals surface area contributed by atoms with Gasteiger partial charge in [0.15, 0.2) is 0 Å². The predicted molar refractivity (Wildman–Crippen MR) is 102 cm³/mol. The van der Waals surface area contributed by atoms with Crippen molar-refractivity contribution in [3.63, 3.8) is 0 Å². The Labute approximate surface area is 158 Å². The number of nitrogens with zero attached hydrogens (tertiary/aromatic N) is 4. The van der Waals surface area contributed by atoms with Crippen LogP contribution in [-0.2, 0) is 13.0 Å². The molecule has 7 heteroatoms. The van der Waals surface area contributed by atoms with Crippen molar-refractivity contribution in [3.05, 3.63) is 44.9 Å². The molecule has 0 spiro atoms. The first-order chi connectivity index (χ1) is 13.0. The fourth-order valence-electron chi connectivity index (χ4n) is 4.21. The van der Waals surface area contributed by atoms with Gasteiger partial charge >= 0.3 is 0 Å². The molecule has 4 rings (SSSR count). The van der Waals surface area contributed by atoms with E-state index in [1.165, 1.54) is 19.3 Å². The Bertz CT molecular complexity index is 906. The lowest BCUT2D eigenvalue weighted by Crippen LogP contribution is -2.40. The zero-order chi connectivity index (χ0) is 19.0. The molecule has 1 amide bonds. The zero-order valence-corrected chi connectivity index (χ0v) is 16.1. The highest BCUT2D eigenvalue weighted by molar-refractivity contribution is 5.94. The first-order valence-corrected chi connectivity index (χ1v) is 9.96. The summed E-state index contributed by atoms with van der Waals surface area (Å²) in [7, 11) is 0. The van der Waals surface area contributed by atoms with Crippen LogP contribution in [0, 0.1) is 13.8 Å². The van der Waals surface area contributed by atoms with E-state index in [2.05, 4.69) is 19.7 Å². The molecule has 1 saturated heterocycles. The lowest BCUT2D eigenvalue weighted by molar-refractivity contribution is 0.0708. The van der Waals surface area contributed by atoms with E-state index in [9.17, 15) is 9.59 Å². The number of fused-ring (bicyclic) bond motifs is 1. The monoisotopic (exact) mass is 369 g/mol. The van der Waals surface area contributed by atoms with E-state index in [0.717, 1.165) is 48.7 Å². The summed E-state index contributed by atoms with van der Waals surface area (Å²) in [5, 5.41) is 8.89. The van der Waals surface area contributed by atoms with Gasteiger partial charge in [-0.1, -0.05) is 6.42 Å². The van der Waals surface area contributed by atoms with Gasteiger partial charge in [0, 0.05) is 37.7 Å². The van der Waals surface area contributed by atoms with E-state index in [4.69, 9.17) is 0 Å². The first kappa shape index (κ1) is 17.9. The predicted octanol–water partition coefficient (Wildman–Crippen LogP) is 2.33. The van der Waals surface area contributed by atoms with Gasteiger partial charge in [0.2, 0.25) is 0 Å². The highest BCUT2D eigenvalue weighted by atomic mass is 16.2. The number of aromatic amines is 1. The Morgan fingerprint density at radius 2 is 1.89 bits per heavy atom. The lowest BCUT2D eigenvalue weighted by Gasteiger charge is -2.31. The maximum Gasteiger partial charge on any atom is 0.261 e. The molecule has 2 aromatic heterocycles. The summed E-state index contributed by atoms with van der Waals surface area (Å²) in [6.07, 6.45) is 6.37. The van der Waals surface area contributed by atoms with Gasteiger partial charge in [-0.3, -0.25) is 9.59 Å². The largest absolute Gasteiger partial charge is 0.338 e. The Morgan fingerprint density at radius 1 is 1.11 bits per heavy atom. The molecule has 0 radical (unpaired) electrons. The van der Waals surface area contributed by atoms with E-state index >= 15 is 0 Å². The minimum atomic E-state index is -0.298. The number of carbonyl (C=O) groups is 1. The lowest BCUT2D eigenvalue weighted by atomic mass is 9.95. The van der Waals surface area contributed by atoms with Crippen molar-refractivity contribution in [2.24, 2.45) is 0 Å². The van der Waals surface area contributed by atoms with Crippen LogP contribution in [0.2, 0.25) is 0 Å². The van der Waals surface area contributed by atoms with Crippen LogP contribution >= 0.6 is 0 Å². The van der Waals surface area contributed by atoms with Crippen molar-refractivity contribution in [2.75, 3.05) is 13.1 Å². The second kappa shape index (κ2) is 7.29. The average Bonchev–Trinajstić information content (AvgIpc) is 2.92. The summed E-state index contributed by atoms with van der Waals surface area (Å²) in [4.78, 5) is 29.6. The van der Waals surface area contributed by atoms with Gasteiger partial charge in [-0.2, -0.15) is 0 Å². The van der Waals surface area contributed by atoms with E-state index in [0.29, 0.717) is 19.0 Å². The quantitative estimate of drug-likeness (QED) is 0.881. The van der Waals surface area contributed by atoms with Crippen molar-refractivity contribution in [3.8, 4) is 0 Å². The van der Waals surface area contributed by atoms with Crippen molar-refractivity contribution < 1.29 is 4.79 Å². The number of H-pyrrole nitrogens is 1. The molecular weight excluding hydrogens is 342 g/mol. The van der Waals surface area contributed by atoms with Crippen LogP contribution in [0.25, 0.3) is 0 Å². The molecule has 0 aromatic carbocycles. The third kappa shape index (κ3) is 3.42. The van der Waals surface area contributed by atoms with Crippen LogP contribution in [0.3, 0.4) is 0 Å². The van der Waals surface area contributed by atoms with Crippen LogP contribution < -0.4 is 5.56 Å². The van der Waals surface area contributed by atoms with E-state index in [-0.39, 0.29) is 17.0 Å². The molecule has 27 heavy (non-hydrogen) atoms. The van der Waals surface area contributed by atoms with Gasteiger partial charge in [-0.05, 0) is 51.2 Å². The van der Waals surface area contributed by atoms with Crippen LogP contribution in [0.5, 0.6) is 0 Å². The standard InChI is InChI=1S/C20H27N5O2/c1-13-12-16(19(26)21-14(13)2)20(27)24-10-7-15(8-11-24)18-23-22-17-6-4-3-5-9-25(17)18/h12,15H,3-11H2,1-2H3,(H,21,26). The molecule has 7 nitrogen and oxygen atoms in total. The van der Waals surface area contributed by atoms with Gasteiger partial charge in [0.05, 0.1) is 0 Å². The van der Waals surface area contributed by atoms with Crippen LogP contribution in [0.1, 0.15) is 71.3 Å². The molecule has 0 saturated carbocycles. The Kier molecular flexibility index (Phi) is 4.85. The number of carbonyl (C=O) groups excluding carboxylic acids is 1. The van der Waals surface area contributed by atoms with Crippen LogP contribution in [-0.4, -0.2) is 43.6 Å². The molecule has 0 unspecified atom stereocenters. The first-order valence-electron chi connectivity index (χ1n) is 9.96. The number of likely N-dealkylation sites (tertiary alicyclic amines) is 1. The SMILES string of the molecule is Cc1cc(C(=O)N2CCC(c3nnc4n3CCCCC4)CC2)c(=O)[nH]c1C. The summed E-state index contributed by atoms with van der Waals surface area (Å²) >= 11 is 0. The molecule has 2 aliphatic rings. The number of pyridine rings is 1. The normalized spacial score (nSPS) is 18.2. The molecule has 4 heterocycles. The average molecular weight is 369 g/mol. The van der Waals surface area contributed by atoms with E-state index in [1.807, 2.05) is 13.8 Å². The number of nitrogens with one attached hydrogen (secondary N) is 1. The van der Waals surface area contributed by atoms with Crippen molar-refractivity contribution in [1.29, 1.82) is 0 Å². The molecule has 0 aliphatic carbocycles. The van der Waals surface area contributed by atoms with E-state index < -0.39 is 0 Å². The molecule has 144 valence electrons. The third-order valence-corrected chi connectivity index (χ3v) is 6.01. The highest BCUT2D eigenvalue weighted by Crippen LogP contribution is 2.29. The third-order valence-electron chi connectivity index (χ3n) is 6.01. The number of aryl methyl sites for hydroxylation is 3. The van der Waals surface area contributed by atoms with Gasteiger partial charge in [0.25, 0.3) is 11.5 Å². The molecule has 0 bridgehead atoms. The summed E-state index contributed by atoms with van der Waals surface area (Å²) < 4.78 is 2.31. The van der Waals surface area contributed by atoms with Gasteiger partial charge in [-0.25, -0.2) is 0 Å².